The molecule has 0 spiro atoms. The van der Waals surface area contributed by atoms with Gasteiger partial charge in [-0.05, 0) is 51.8 Å². The van der Waals surface area contributed by atoms with E-state index >= 15 is 0 Å². The zero-order valence-corrected chi connectivity index (χ0v) is 13.1. The highest BCUT2D eigenvalue weighted by Crippen LogP contribution is 2.17. The quantitative estimate of drug-likeness (QED) is 0.841. The summed E-state index contributed by atoms with van der Waals surface area (Å²) in [6, 6.07) is 7.51. The number of amides is 1. The van der Waals surface area contributed by atoms with E-state index in [1.807, 2.05) is 52.0 Å². The molecule has 0 bridgehead atoms. The molecule has 2 atom stereocenters. The lowest BCUT2D eigenvalue weighted by molar-refractivity contribution is -0.128. The highest BCUT2D eigenvalue weighted by atomic mass is 16.5. The fourth-order valence-electron chi connectivity index (χ4n) is 1.63. The van der Waals surface area contributed by atoms with Gasteiger partial charge in [0.15, 0.2) is 6.10 Å². The molecule has 0 heterocycles. The van der Waals surface area contributed by atoms with Crippen molar-refractivity contribution < 1.29 is 9.53 Å². The summed E-state index contributed by atoms with van der Waals surface area (Å²) >= 11 is 0. The molecule has 0 saturated carbocycles. The van der Waals surface area contributed by atoms with Crippen molar-refractivity contribution in [2.75, 3.05) is 0 Å². The molecule has 1 amide bonds. The van der Waals surface area contributed by atoms with Gasteiger partial charge in [0.25, 0.3) is 5.91 Å². The Morgan fingerprint density at radius 3 is 2.30 bits per heavy atom. The van der Waals surface area contributed by atoms with E-state index in [0.717, 1.165) is 12.0 Å². The number of nitrogens with two attached hydrogens (primary N) is 1. The zero-order chi connectivity index (χ0) is 15.3. The summed E-state index contributed by atoms with van der Waals surface area (Å²) in [5.74, 6) is 0.569. The van der Waals surface area contributed by atoms with Crippen LogP contribution in [0.2, 0.25) is 0 Å². The van der Waals surface area contributed by atoms with Crippen molar-refractivity contribution in [3.63, 3.8) is 0 Å². The number of carbonyl (C=O) groups is 1. The van der Waals surface area contributed by atoms with Gasteiger partial charge in [0.2, 0.25) is 0 Å². The maximum absolute atomic E-state index is 12.0. The Kier molecular flexibility index (Phi) is 5.57. The van der Waals surface area contributed by atoms with Crippen LogP contribution in [0.5, 0.6) is 5.75 Å². The van der Waals surface area contributed by atoms with Crippen LogP contribution in [-0.2, 0) is 4.79 Å². The van der Waals surface area contributed by atoms with E-state index in [-0.39, 0.29) is 17.5 Å². The molecule has 1 unspecified atom stereocenters. The number of hydrogen-bond acceptors (Lipinski definition) is 3. The third-order valence-electron chi connectivity index (χ3n) is 3.43. The molecule has 0 saturated heterocycles. The summed E-state index contributed by atoms with van der Waals surface area (Å²) in [5.41, 5.74) is 6.62. The van der Waals surface area contributed by atoms with Crippen molar-refractivity contribution in [1.29, 1.82) is 0 Å². The smallest absolute Gasteiger partial charge is 0.261 e. The normalized spacial score (nSPS) is 14.5. The number of hydrogen-bond donors (Lipinski definition) is 2. The molecule has 1 aromatic carbocycles. The van der Waals surface area contributed by atoms with Crippen molar-refractivity contribution in [1.82, 2.24) is 5.32 Å². The molecule has 112 valence electrons. The zero-order valence-electron chi connectivity index (χ0n) is 13.1. The third kappa shape index (κ3) is 4.85. The molecule has 20 heavy (non-hydrogen) atoms. The fraction of sp³-hybridized carbons (Fsp3) is 0.562. The number of benzene rings is 1. The highest BCUT2D eigenvalue weighted by molar-refractivity contribution is 5.81. The lowest BCUT2D eigenvalue weighted by Gasteiger charge is -2.26. The topological polar surface area (TPSA) is 64.3 Å². The van der Waals surface area contributed by atoms with Crippen molar-refractivity contribution >= 4 is 5.91 Å². The van der Waals surface area contributed by atoms with Crippen LogP contribution in [0.3, 0.4) is 0 Å². The Hall–Kier alpha value is -1.55. The van der Waals surface area contributed by atoms with Crippen LogP contribution in [-0.4, -0.2) is 17.6 Å². The largest absolute Gasteiger partial charge is 0.481 e. The van der Waals surface area contributed by atoms with Crippen molar-refractivity contribution in [2.45, 2.75) is 58.7 Å². The van der Waals surface area contributed by atoms with Crippen LogP contribution in [0.25, 0.3) is 0 Å². The number of nitrogens with one attached hydrogen (secondary N) is 1. The minimum Gasteiger partial charge on any atom is -0.481 e. The van der Waals surface area contributed by atoms with E-state index in [0.29, 0.717) is 5.75 Å². The van der Waals surface area contributed by atoms with Crippen LogP contribution >= 0.6 is 0 Å². The molecule has 4 nitrogen and oxygen atoms in total. The fourth-order valence-corrected chi connectivity index (χ4v) is 1.63. The minimum absolute atomic E-state index is 0.00451. The predicted molar refractivity (Wildman–Crippen MR) is 81.6 cm³/mol. The lowest BCUT2D eigenvalue weighted by Crippen LogP contribution is -2.48. The molecule has 4 heteroatoms. The summed E-state index contributed by atoms with van der Waals surface area (Å²) in [6.07, 6.45) is 0.344. The molecule has 0 aliphatic rings. The van der Waals surface area contributed by atoms with E-state index in [9.17, 15) is 4.79 Å². The third-order valence-corrected chi connectivity index (χ3v) is 3.43. The number of carbonyl (C=O) groups excluding carboxylic acids is 1. The van der Waals surface area contributed by atoms with E-state index in [1.54, 1.807) is 6.92 Å². The first kappa shape index (κ1) is 16.5. The van der Waals surface area contributed by atoms with Gasteiger partial charge in [0, 0.05) is 11.6 Å². The van der Waals surface area contributed by atoms with Gasteiger partial charge < -0.3 is 15.8 Å². The SMILES string of the molecule is CCC(C)(C)NC(=O)C(C)Oc1ccc([C@@H](C)N)cc1. The molecule has 0 aromatic heterocycles. The van der Waals surface area contributed by atoms with Gasteiger partial charge in [0.05, 0.1) is 0 Å². The Balaban J connectivity index is 2.61. The Bertz CT molecular complexity index is 438. The molecule has 0 aliphatic heterocycles. The maximum atomic E-state index is 12.0. The maximum Gasteiger partial charge on any atom is 0.261 e. The first-order chi connectivity index (χ1) is 9.25. The van der Waals surface area contributed by atoms with Crippen LogP contribution in [0.15, 0.2) is 24.3 Å². The van der Waals surface area contributed by atoms with Gasteiger partial charge in [-0.15, -0.1) is 0 Å². The molecular formula is C16H26N2O2. The molecule has 3 N–H and O–H groups in total. The van der Waals surface area contributed by atoms with Crippen molar-refractivity contribution in [3.05, 3.63) is 29.8 Å². The van der Waals surface area contributed by atoms with E-state index in [2.05, 4.69) is 5.32 Å². The Morgan fingerprint density at radius 2 is 1.85 bits per heavy atom. The second-order valence-electron chi connectivity index (χ2n) is 5.84. The van der Waals surface area contributed by atoms with Crippen molar-refractivity contribution in [3.8, 4) is 5.75 Å². The minimum atomic E-state index is -0.526. The Labute approximate surface area is 121 Å². The highest BCUT2D eigenvalue weighted by Gasteiger charge is 2.22. The van der Waals surface area contributed by atoms with Gasteiger partial charge >= 0.3 is 0 Å². The van der Waals surface area contributed by atoms with Gasteiger partial charge in [0.1, 0.15) is 5.75 Å². The summed E-state index contributed by atoms with van der Waals surface area (Å²) in [5, 5.41) is 2.97. The Morgan fingerprint density at radius 1 is 1.30 bits per heavy atom. The standard InChI is InChI=1S/C16H26N2O2/c1-6-16(4,5)18-15(19)12(3)20-14-9-7-13(8-10-14)11(2)17/h7-12H,6,17H2,1-5H3,(H,18,19)/t11-,12?/m1/s1. The summed E-state index contributed by atoms with van der Waals surface area (Å²) in [6.45, 7) is 9.71. The second kappa shape index (κ2) is 6.75. The first-order valence-corrected chi connectivity index (χ1v) is 7.09. The number of rotatable bonds is 6. The van der Waals surface area contributed by atoms with Crippen LogP contribution in [0.4, 0.5) is 0 Å². The number of ether oxygens (including phenoxy) is 1. The molecule has 1 rings (SSSR count). The van der Waals surface area contributed by atoms with Gasteiger partial charge in [-0.3, -0.25) is 4.79 Å². The average Bonchev–Trinajstić information content (AvgIpc) is 2.38. The monoisotopic (exact) mass is 278 g/mol. The predicted octanol–water partition coefficient (Wildman–Crippen LogP) is 2.78. The van der Waals surface area contributed by atoms with Crippen molar-refractivity contribution in [2.24, 2.45) is 5.73 Å². The van der Waals surface area contributed by atoms with E-state index in [1.165, 1.54) is 0 Å². The van der Waals surface area contributed by atoms with E-state index < -0.39 is 6.10 Å². The van der Waals surface area contributed by atoms with Crippen LogP contribution in [0.1, 0.15) is 52.6 Å². The summed E-state index contributed by atoms with van der Waals surface area (Å²) < 4.78 is 5.65. The average molecular weight is 278 g/mol. The molecule has 0 radical (unpaired) electrons. The van der Waals surface area contributed by atoms with Gasteiger partial charge in [-0.25, -0.2) is 0 Å². The lowest BCUT2D eigenvalue weighted by atomic mass is 10.0. The van der Waals surface area contributed by atoms with Gasteiger partial charge in [-0.1, -0.05) is 19.1 Å². The molecule has 1 aromatic rings. The molecular weight excluding hydrogens is 252 g/mol. The second-order valence-corrected chi connectivity index (χ2v) is 5.84. The van der Waals surface area contributed by atoms with Crippen LogP contribution < -0.4 is 15.8 Å². The van der Waals surface area contributed by atoms with E-state index in [4.69, 9.17) is 10.5 Å². The summed E-state index contributed by atoms with van der Waals surface area (Å²) in [4.78, 5) is 12.0. The first-order valence-electron chi connectivity index (χ1n) is 7.09. The molecule has 0 aliphatic carbocycles. The van der Waals surface area contributed by atoms with Crippen LogP contribution in [0, 0.1) is 0 Å². The van der Waals surface area contributed by atoms with Gasteiger partial charge in [-0.2, -0.15) is 0 Å². The molecule has 0 fully saturated rings. The summed E-state index contributed by atoms with van der Waals surface area (Å²) in [7, 11) is 0.